The third kappa shape index (κ3) is 4.50. The number of methoxy groups -OCH3 is 1. The Morgan fingerprint density at radius 1 is 1.08 bits per heavy atom. The van der Waals surface area contributed by atoms with Crippen molar-refractivity contribution in [2.24, 2.45) is 11.8 Å². The molecule has 5 atom stereocenters. The van der Waals surface area contributed by atoms with E-state index in [-0.39, 0.29) is 30.3 Å². The van der Waals surface area contributed by atoms with E-state index in [2.05, 4.69) is 10.6 Å². The van der Waals surface area contributed by atoms with Crippen molar-refractivity contribution in [2.75, 3.05) is 12.4 Å². The molecule has 3 aliphatic heterocycles. The quantitative estimate of drug-likeness (QED) is 0.533. The highest BCUT2D eigenvalue weighted by Gasteiger charge is 2.72. The summed E-state index contributed by atoms with van der Waals surface area (Å²) in [6.07, 6.45) is 8.34. The molecule has 39 heavy (non-hydrogen) atoms. The smallest absolute Gasteiger partial charge is 0.246 e. The number of likely N-dealkylation sites (tertiary alicyclic amines) is 1. The zero-order valence-electron chi connectivity index (χ0n) is 22.4. The average Bonchev–Trinajstić information content (AvgIpc) is 3.58. The second-order valence-corrected chi connectivity index (χ2v) is 11.2. The van der Waals surface area contributed by atoms with Crippen LogP contribution in [-0.2, 0) is 25.7 Å². The standard InChI is InChI=1S/C31H35N3O5/c1-19-11-13-20(14-12-19)18-34-27(29(36)32-21-7-4-3-5-8-21)31-16-15-24(39-31)25(26(31)30(34)37)28(35)33-22-9-6-10-23(17-22)38-2/h6,9-17,21,24-27H,3-5,7-8,18H2,1-2H3,(H,32,36)(H,33,35)/t24-,25?,26-,27?,31?/m1/s1. The van der Waals surface area contributed by atoms with Gasteiger partial charge in [0, 0.05) is 24.3 Å². The molecule has 1 aliphatic carbocycles. The van der Waals surface area contributed by atoms with Gasteiger partial charge in [-0.05, 0) is 37.5 Å². The summed E-state index contributed by atoms with van der Waals surface area (Å²) in [7, 11) is 1.57. The van der Waals surface area contributed by atoms with E-state index in [9.17, 15) is 14.4 Å². The summed E-state index contributed by atoms with van der Waals surface area (Å²) < 4.78 is 11.7. The summed E-state index contributed by atoms with van der Waals surface area (Å²) in [5, 5.41) is 6.18. The number of rotatable bonds is 7. The van der Waals surface area contributed by atoms with E-state index >= 15 is 0 Å². The topological polar surface area (TPSA) is 97.0 Å². The van der Waals surface area contributed by atoms with Gasteiger partial charge in [0.05, 0.1) is 25.0 Å². The highest BCUT2D eigenvalue weighted by molar-refractivity contribution is 6.02. The van der Waals surface area contributed by atoms with Crippen molar-refractivity contribution in [3.05, 3.63) is 71.8 Å². The van der Waals surface area contributed by atoms with Crippen LogP contribution in [0.15, 0.2) is 60.7 Å². The van der Waals surface area contributed by atoms with Gasteiger partial charge in [0.2, 0.25) is 17.7 Å². The Labute approximate surface area is 228 Å². The van der Waals surface area contributed by atoms with Crippen molar-refractivity contribution in [2.45, 2.75) is 69.4 Å². The van der Waals surface area contributed by atoms with E-state index in [1.807, 2.05) is 43.3 Å². The number of nitrogens with one attached hydrogen (secondary N) is 2. The minimum absolute atomic E-state index is 0.0905. The molecule has 6 rings (SSSR count). The third-order valence-electron chi connectivity index (χ3n) is 8.69. The van der Waals surface area contributed by atoms with E-state index < -0.39 is 29.6 Å². The van der Waals surface area contributed by atoms with E-state index in [0.29, 0.717) is 11.4 Å². The van der Waals surface area contributed by atoms with Gasteiger partial charge in [-0.15, -0.1) is 0 Å². The second-order valence-electron chi connectivity index (χ2n) is 11.2. The van der Waals surface area contributed by atoms with Crippen molar-refractivity contribution < 1.29 is 23.9 Å². The lowest BCUT2D eigenvalue weighted by Gasteiger charge is -2.34. The summed E-state index contributed by atoms with van der Waals surface area (Å²) >= 11 is 0. The first-order valence-electron chi connectivity index (χ1n) is 13.9. The molecule has 204 valence electrons. The minimum atomic E-state index is -1.18. The summed E-state index contributed by atoms with van der Waals surface area (Å²) in [5.41, 5.74) is 1.44. The zero-order valence-corrected chi connectivity index (χ0v) is 22.4. The van der Waals surface area contributed by atoms with Gasteiger partial charge in [-0.1, -0.05) is 67.3 Å². The van der Waals surface area contributed by atoms with Crippen LogP contribution in [0.5, 0.6) is 5.75 Å². The molecule has 3 unspecified atom stereocenters. The van der Waals surface area contributed by atoms with Crippen LogP contribution in [0.2, 0.25) is 0 Å². The number of fused-ring (bicyclic) bond motifs is 1. The van der Waals surface area contributed by atoms with Crippen molar-refractivity contribution in [3.8, 4) is 5.75 Å². The van der Waals surface area contributed by atoms with Crippen molar-refractivity contribution in [1.82, 2.24) is 10.2 Å². The lowest BCUT2D eigenvalue weighted by molar-refractivity contribution is -0.142. The van der Waals surface area contributed by atoms with E-state index in [1.54, 1.807) is 36.3 Å². The number of anilines is 1. The molecule has 2 N–H and O–H groups in total. The highest BCUT2D eigenvalue weighted by atomic mass is 16.5. The number of ether oxygens (including phenoxy) is 2. The van der Waals surface area contributed by atoms with Crippen LogP contribution in [0.4, 0.5) is 5.69 Å². The highest BCUT2D eigenvalue weighted by Crippen LogP contribution is 2.55. The molecule has 2 bridgehead atoms. The lowest BCUT2D eigenvalue weighted by atomic mass is 9.74. The molecule has 0 aromatic heterocycles. The second kappa shape index (κ2) is 10.2. The molecule has 3 fully saturated rings. The normalized spacial score (nSPS) is 29.4. The number of hydrogen-bond acceptors (Lipinski definition) is 5. The molecule has 2 saturated heterocycles. The van der Waals surface area contributed by atoms with Gasteiger partial charge < -0.3 is 25.0 Å². The monoisotopic (exact) mass is 529 g/mol. The van der Waals surface area contributed by atoms with Gasteiger partial charge in [-0.25, -0.2) is 0 Å². The molecular formula is C31H35N3O5. The van der Waals surface area contributed by atoms with Crippen molar-refractivity contribution in [3.63, 3.8) is 0 Å². The first kappa shape index (κ1) is 25.6. The summed E-state index contributed by atoms with van der Waals surface area (Å²) in [6, 6.07) is 14.3. The van der Waals surface area contributed by atoms with Gasteiger partial charge in [-0.2, -0.15) is 0 Å². The molecule has 8 nitrogen and oxygen atoms in total. The zero-order chi connectivity index (χ0) is 27.1. The molecule has 0 radical (unpaired) electrons. The Morgan fingerprint density at radius 3 is 2.59 bits per heavy atom. The number of benzene rings is 2. The van der Waals surface area contributed by atoms with Gasteiger partial charge in [0.15, 0.2) is 0 Å². The van der Waals surface area contributed by atoms with Crippen LogP contribution in [0, 0.1) is 18.8 Å². The summed E-state index contributed by atoms with van der Waals surface area (Å²) in [6.45, 7) is 2.28. The molecule has 8 heteroatoms. The molecule has 3 amide bonds. The van der Waals surface area contributed by atoms with E-state index in [0.717, 1.165) is 36.8 Å². The van der Waals surface area contributed by atoms with Gasteiger partial charge >= 0.3 is 0 Å². The summed E-state index contributed by atoms with van der Waals surface area (Å²) in [5.74, 6) is -1.65. The third-order valence-corrected chi connectivity index (χ3v) is 8.69. The fourth-order valence-corrected chi connectivity index (χ4v) is 6.78. The number of aryl methyl sites for hydroxylation is 1. The first-order chi connectivity index (χ1) is 18.9. The Bertz CT molecular complexity index is 1300. The Morgan fingerprint density at radius 2 is 1.85 bits per heavy atom. The van der Waals surface area contributed by atoms with Crippen LogP contribution < -0.4 is 15.4 Å². The molecule has 2 aromatic rings. The van der Waals surface area contributed by atoms with Crippen molar-refractivity contribution in [1.29, 1.82) is 0 Å². The fraction of sp³-hybridized carbons (Fsp3) is 0.452. The number of amides is 3. The summed E-state index contributed by atoms with van der Waals surface area (Å²) in [4.78, 5) is 43.4. The van der Waals surface area contributed by atoms with Crippen LogP contribution in [0.3, 0.4) is 0 Å². The molecular weight excluding hydrogens is 494 g/mol. The molecule has 3 heterocycles. The average molecular weight is 530 g/mol. The van der Waals surface area contributed by atoms with Crippen molar-refractivity contribution >= 4 is 23.4 Å². The van der Waals surface area contributed by atoms with Gasteiger partial charge in [0.1, 0.15) is 17.4 Å². The largest absolute Gasteiger partial charge is 0.497 e. The van der Waals surface area contributed by atoms with Crippen LogP contribution in [-0.4, -0.2) is 53.5 Å². The SMILES string of the molecule is COc1cccc(NC(=O)C2[C@H]3C=CC4(O3)C(C(=O)NC3CCCCC3)N(Cc3ccc(C)cc3)C(=O)[C@@H]24)c1. The number of carbonyl (C=O) groups is 3. The van der Waals surface area contributed by atoms with Crippen LogP contribution in [0.1, 0.15) is 43.2 Å². The van der Waals surface area contributed by atoms with Crippen LogP contribution in [0.25, 0.3) is 0 Å². The maximum atomic E-state index is 14.1. The van der Waals surface area contributed by atoms with Crippen LogP contribution >= 0.6 is 0 Å². The number of carbonyl (C=O) groups excluding carboxylic acids is 3. The number of nitrogens with zero attached hydrogens (tertiary/aromatic N) is 1. The minimum Gasteiger partial charge on any atom is -0.497 e. The van der Waals surface area contributed by atoms with Gasteiger partial charge in [0.25, 0.3) is 0 Å². The van der Waals surface area contributed by atoms with E-state index in [4.69, 9.17) is 9.47 Å². The van der Waals surface area contributed by atoms with Gasteiger partial charge in [-0.3, -0.25) is 14.4 Å². The maximum absolute atomic E-state index is 14.1. The maximum Gasteiger partial charge on any atom is 0.246 e. The predicted octanol–water partition coefficient (Wildman–Crippen LogP) is 3.74. The molecule has 2 aromatic carbocycles. The molecule has 1 saturated carbocycles. The fourth-order valence-electron chi connectivity index (χ4n) is 6.78. The first-order valence-corrected chi connectivity index (χ1v) is 13.9. The predicted molar refractivity (Wildman–Crippen MR) is 146 cm³/mol. The Hall–Kier alpha value is -3.65. The molecule has 4 aliphatic rings. The Kier molecular flexibility index (Phi) is 6.67. The molecule has 1 spiro atoms. The Balaban J connectivity index is 1.32. The van der Waals surface area contributed by atoms with E-state index in [1.165, 1.54) is 6.42 Å². The lowest BCUT2D eigenvalue weighted by Crippen LogP contribution is -2.56. The number of hydrogen-bond donors (Lipinski definition) is 2.